The van der Waals surface area contributed by atoms with E-state index in [0.717, 1.165) is 25.7 Å². The molecule has 0 amide bonds. The second kappa shape index (κ2) is 6.67. The highest BCUT2D eigenvalue weighted by Crippen LogP contribution is 2.46. The molecule has 2 N–H and O–H groups in total. The van der Waals surface area contributed by atoms with E-state index in [2.05, 4.69) is 23.0 Å². The Balaban J connectivity index is 1.74. The monoisotopic (exact) mass is 421 g/mol. The van der Waals surface area contributed by atoms with Crippen LogP contribution < -0.4 is 16.2 Å². The lowest BCUT2D eigenvalue weighted by Crippen LogP contribution is -2.37. The van der Waals surface area contributed by atoms with Crippen LogP contribution in [0.5, 0.6) is 0 Å². The lowest BCUT2D eigenvalue weighted by atomic mass is 10.1. The van der Waals surface area contributed by atoms with E-state index in [-0.39, 0.29) is 28.5 Å². The predicted octanol–water partition coefficient (Wildman–Crippen LogP) is 3.14. The van der Waals surface area contributed by atoms with Crippen molar-refractivity contribution in [3.8, 4) is 6.07 Å². The van der Waals surface area contributed by atoms with Gasteiger partial charge in [0, 0.05) is 12.1 Å². The molecule has 1 aromatic carbocycles. The quantitative estimate of drug-likeness (QED) is 0.690. The van der Waals surface area contributed by atoms with Crippen LogP contribution in [-0.2, 0) is 5.54 Å². The molecule has 0 unspecified atom stereocenters. The van der Waals surface area contributed by atoms with Crippen molar-refractivity contribution in [1.82, 2.24) is 19.5 Å². The average Bonchev–Trinajstić information content (AvgIpc) is 3.27. The van der Waals surface area contributed by atoms with Crippen molar-refractivity contribution in [2.24, 2.45) is 0 Å². The van der Waals surface area contributed by atoms with Crippen LogP contribution in [0.4, 0.5) is 11.6 Å². The zero-order valence-corrected chi connectivity index (χ0v) is 17.2. The number of nitrogens with two attached hydrogens (primary N) is 1. The smallest absolute Gasteiger partial charge is 0.263 e. The first-order valence-corrected chi connectivity index (χ1v) is 10.3. The second-order valence-corrected chi connectivity index (χ2v) is 8.57. The molecule has 2 aliphatic rings. The van der Waals surface area contributed by atoms with E-state index in [1.165, 1.54) is 6.33 Å². The van der Waals surface area contributed by atoms with Gasteiger partial charge in [0.1, 0.15) is 29.6 Å². The van der Waals surface area contributed by atoms with Crippen molar-refractivity contribution in [2.45, 2.75) is 44.2 Å². The van der Waals surface area contributed by atoms with Crippen LogP contribution in [-0.4, -0.2) is 26.1 Å². The van der Waals surface area contributed by atoms with E-state index >= 15 is 0 Å². The first-order chi connectivity index (χ1) is 14.4. The Morgan fingerprint density at radius 2 is 2.13 bits per heavy atom. The maximum absolute atomic E-state index is 13.6. The third kappa shape index (κ3) is 2.73. The molecule has 5 rings (SSSR count). The summed E-state index contributed by atoms with van der Waals surface area (Å²) >= 11 is 6.37. The van der Waals surface area contributed by atoms with E-state index < -0.39 is 0 Å². The van der Waals surface area contributed by atoms with Gasteiger partial charge in [-0.15, -0.1) is 0 Å². The van der Waals surface area contributed by atoms with Gasteiger partial charge in [-0.3, -0.25) is 9.36 Å². The number of nitrogen functional groups attached to an aromatic ring is 1. The number of hydrogen-bond donors (Lipinski definition) is 1. The van der Waals surface area contributed by atoms with E-state index in [0.29, 0.717) is 34.1 Å². The standard InChI is InChI=1S/C21H20ClN7O/c1-21(7-8-21)29-19(27-14-5-2-4-13(22)16(14)20(29)30)15-6-3-9-28(15)18-12(10-23)17(24)25-11-26-18/h2,4-5,11,15H,3,6-9H2,1H3,(H2,24,25,26)/t15-/m0/s1. The van der Waals surface area contributed by atoms with Crippen molar-refractivity contribution < 1.29 is 0 Å². The summed E-state index contributed by atoms with van der Waals surface area (Å²) < 4.78 is 1.82. The average molecular weight is 422 g/mol. The summed E-state index contributed by atoms with van der Waals surface area (Å²) in [5.41, 5.74) is 6.36. The van der Waals surface area contributed by atoms with Gasteiger partial charge in [0.15, 0.2) is 5.82 Å². The van der Waals surface area contributed by atoms with Crippen molar-refractivity contribution in [2.75, 3.05) is 17.2 Å². The predicted molar refractivity (Wildman–Crippen MR) is 114 cm³/mol. The fourth-order valence-electron chi connectivity index (χ4n) is 4.36. The van der Waals surface area contributed by atoms with Crippen molar-refractivity contribution in [1.29, 1.82) is 5.26 Å². The first kappa shape index (κ1) is 18.8. The number of benzene rings is 1. The van der Waals surface area contributed by atoms with E-state index in [4.69, 9.17) is 22.3 Å². The number of anilines is 2. The van der Waals surface area contributed by atoms with Crippen LogP contribution in [0.3, 0.4) is 0 Å². The Morgan fingerprint density at radius 1 is 1.33 bits per heavy atom. The van der Waals surface area contributed by atoms with Crippen LogP contribution in [0.15, 0.2) is 29.3 Å². The van der Waals surface area contributed by atoms with Gasteiger partial charge in [0.2, 0.25) is 0 Å². The zero-order chi connectivity index (χ0) is 21.0. The second-order valence-electron chi connectivity index (χ2n) is 8.16. The molecule has 30 heavy (non-hydrogen) atoms. The molecule has 2 fully saturated rings. The summed E-state index contributed by atoms with van der Waals surface area (Å²) in [6.45, 7) is 2.76. The Labute approximate surface area is 177 Å². The van der Waals surface area contributed by atoms with Crippen LogP contribution in [0.1, 0.15) is 50.0 Å². The van der Waals surface area contributed by atoms with Crippen LogP contribution in [0, 0.1) is 11.3 Å². The molecule has 0 spiro atoms. The lowest BCUT2D eigenvalue weighted by Gasteiger charge is -2.30. The third-order valence-corrected chi connectivity index (χ3v) is 6.49. The number of halogens is 1. The van der Waals surface area contributed by atoms with Crippen molar-refractivity contribution in [3.63, 3.8) is 0 Å². The summed E-state index contributed by atoms with van der Waals surface area (Å²) in [7, 11) is 0. The van der Waals surface area contributed by atoms with E-state index in [1.54, 1.807) is 12.1 Å². The minimum atomic E-state index is -0.274. The number of nitriles is 1. The number of nitrogens with zero attached hydrogens (tertiary/aromatic N) is 6. The van der Waals surface area contributed by atoms with Crippen molar-refractivity contribution >= 4 is 34.1 Å². The van der Waals surface area contributed by atoms with Gasteiger partial charge in [-0.2, -0.15) is 5.26 Å². The molecule has 2 aromatic heterocycles. The van der Waals surface area contributed by atoms with Gasteiger partial charge < -0.3 is 10.6 Å². The van der Waals surface area contributed by atoms with Crippen LogP contribution in [0.2, 0.25) is 5.02 Å². The summed E-state index contributed by atoms with van der Waals surface area (Å²) in [4.78, 5) is 28.8. The highest BCUT2D eigenvalue weighted by Gasteiger charge is 2.45. The van der Waals surface area contributed by atoms with Gasteiger partial charge >= 0.3 is 0 Å². The maximum Gasteiger partial charge on any atom is 0.263 e. The first-order valence-electron chi connectivity index (χ1n) is 9.93. The molecule has 9 heteroatoms. The van der Waals surface area contributed by atoms with Crippen molar-refractivity contribution in [3.05, 3.63) is 51.3 Å². The topological polar surface area (TPSA) is 114 Å². The lowest BCUT2D eigenvalue weighted by molar-refractivity contribution is 0.457. The Hall–Kier alpha value is -3.18. The van der Waals surface area contributed by atoms with Gasteiger partial charge in [-0.05, 0) is 44.7 Å². The third-order valence-electron chi connectivity index (χ3n) is 6.18. The summed E-state index contributed by atoms with van der Waals surface area (Å²) in [6.07, 6.45) is 4.87. The van der Waals surface area contributed by atoms with E-state index in [1.807, 2.05) is 15.5 Å². The van der Waals surface area contributed by atoms with E-state index in [9.17, 15) is 10.1 Å². The van der Waals surface area contributed by atoms with Crippen LogP contribution >= 0.6 is 11.6 Å². The molecule has 0 bridgehead atoms. The highest BCUT2D eigenvalue weighted by molar-refractivity contribution is 6.35. The number of hydrogen-bond acceptors (Lipinski definition) is 7. The number of rotatable bonds is 3. The number of fused-ring (bicyclic) bond motifs is 1. The fourth-order valence-corrected chi connectivity index (χ4v) is 4.61. The molecule has 1 atom stereocenters. The van der Waals surface area contributed by atoms with Gasteiger partial charge in [0.05, 0.1) is 22.0 Å². The van der Waals surface area contributed by atoms with Gasteiger partial charge in [0.25, 0.3) is 5.56 Å². The molecule has 1 saturated carbocycles. The highest BCUT2D eigenvalue weighted by atomic mass is 35.5. The Bertz CT molecular complexity index is 1270. The summed E-state index contributed by atoms with van der Waals surface area (Å²) in [5.74, 6) is 1.33. The van der Waals surface area contributed by atoms with Gasteiger partial charge in [-0.1, -0.05) is 17.7 Å². The molecule has 1 aliphatic heterocycles. The minimum absolute atomic E-state index is 0.116. The fraction of sp³-hybridized carbons (Fsp3) is 0.381. The normalized spacial score (nSPS) is 19.8. The molecule has 152 valence electrons. The largest absolute Gasteiger partial charge is 0.382 e. The summed E-state index contributed by atoms with van der Waals surface area (Å²) in [6, 6.07) is 7.26. The van der Waals surface area contributed by atoms with Crippen LogP contribution in [0.25, 0.3) is 10.9 Å². The Kier molecular flexibility index (Phi) is 4.19. The molecular formula is C21H20ClN7O. The molecule has 3 heterocycles. The minimum Gasteiger partial charge on any atom is -0.382 e. The molecule has 1 aliphatic carbocycles. The molecular weight excluding hydrogens is 402 g/mol. The zero-order valence-electron chi connectivity index (χ0n) is 16.5. The summed E-state index contributed by atoms with van der Waals surface area (Å²) in [5, 5.41) is 10.5. The molecule has 8 nitrogen and oxygen atoms in total. The maximum atomic E-state index is 13.6. The Morgan fingerprint density at radius 3 is 2.87 bits per heavy atom. The number of aromatic nitrogens is 4. The molecule has 0 radical (unpaired) electrons. The molecule has 3 aromatic rings. The SMILES string of the molecule is CC1(n2c([C@@H]3CCCN3c3ncnc(N)c3C#N)nc3cccc(Cl)c3c2=O)CC1. The van der Waals surface area contributed by atoms with Gasteiger partial charge in [-0.25, -0.2) is 15.0 Å². The molecule has 1 saturated heterocycles.